The van der Waals surface area contributed by atoms with Gasteiger partial charge in [-0.1, -0.05) is 13.0 Å². The number of pyridine rings is 1. The standard InChI is InChI=1S/C14H13FN4O2S/c1-2-13-16-17-14-12(7-4-8-19(13)14)22(20,21)18-11-6-3-5-10(15)9-11/h3-9,18H,2H2,1H3. The number of hydrogen-bond acceptors (Lipinski definition) is 4. The third-order valence-electron chi connectivity index (χ3n) is 3.15. The van der Waals surface area contributed by atoms with E-state index in [-0.39, 0.29) is 16.2 Å². The van der Waals surface area contributed by atoms with Gasteiger partial charge in [-0.05, 0) is 30.3 Å². The minimum Gasteiger partial charge on any atom is -0.285 e. The lowest BCUT2D eigenvalue weighted by Crippen LogP contribution is -2.14. The first-order valence-corrected chi connectivity index (χ1v) is 8.10. The first kappa shape index (κ1) is 14.5. The summed E-state index contributed by atoms with van der Waals surface area (Å²) in [6.07, 6.45) is 2.33. The molecule has 0 aliphatic heterocycles. The third-order valence-corrected chi connectivity index (χ3v) is 4.55. The average Bonchev–Trinajstić information content (AvgIpc) is 2.89. The van der Waals surface area contributed by atoms with E-state index in [1.807, 2.05) is 6.92 Å². The van der Waals surface area contributed by atoms with Crippen LogP contribution in [0.5, 0.6) is 0 Å². The molecule has 0 amide bonds. The molecule has 22 heavy (non-hydrogen) atoms. The van der Waals surface area contributed by atoms with Crippen LogP contribution < -0.4 is 4.72 Å². The maximum absolute atomic E-state index is 13.2. The second kappa shape index (κ2) is 5.38. The summed E-state index contributed by atoms with van der Waals surface area (Å²) >= 11 is 0. The lowest BCUT2D eigenvalue weighted by atomic mass is 10.3. The Morgan fingerprint density at radius 2 is 2.05 bits per heavy atom. The van der Waals surface area contributed by atoms with Gasteiger partial charge in [0.1, 0.15) is 16.5 Å². The summed E-state index contributed by atoms with van der Waals surface area (Å²) in [5, 5.41) is 7.90. The van der Waals surface area contributed by atoms with Crippen molar-refractivity contribution in [2.45, 2.75) is 18.2 Å². The Hall–Kier alpha value is -2.48. The van der Waals surface area contributed by atoms with E-state index >= 15 is 0 Å². The van der Waals surface area contributed by atoms with Crippen LogP contribution in [0.15, 0.2) is 47.5 Å². The summed E-state index contributed by atoms with van der Waals surface area (Å²) in [5.41, 5.74) is 0.389. The number of nitrogens with one attached hydrogen (secondary N) is 1. The number of fused-ring (bicyclic) bond motifs is 1. The molecule has 3 rings (SSSR count). The number of benzene rings is 1. The van der Waals surface area contributed by atoms with Crippen molar-refractivity contribution < 1.29 is 12.8 Å². The van der Waals surface area contributed by atoms with Crippen LogP contribution in [0, 0.1) is 5.82 Å². The molecule has 6 nitrogen and oxygen atoms in total. The molecule has 2 heterocycles. The van der Waals surface area contributed by atoms with Crippen molar-refractivity contribution in [2.75, 3.05) is 4.72 Å². The summed E-state index contributed by atoms with van der Waals surface area (Å²) in [5.74, 6) is 0.145. The molecular formula is C14H13FN4O2S. The van der Waals surface area contributed by atoms with Crippen molar-refractivity contribution in [1.29, 1.82) is 0 Å². The lowest BCUT2D eigenvalue weighted by Gasteiger charge is -2.09. The van der Waals surface area contributed by atoms with E-state index in [0.717, 1.165) is 6.07 Å². The van der Waals surface area contributed by atoms with Crippen molar-refractivity contribution in [2.24, 2.45) is 0 Å². The molecule has 0 saturated carbocycles. The molecule has 0 aliphatic rings. The van der Waals surface area contributed by atoms with Crippen molar-refractivity contribution in [1.82, 2.24) is 14.6 Å². The minimum absolute atomic E-state index is 0.00791. The van der Waals surface area contributed by atoms with E-state index in [9.17, 15) is 12.8 Å². The van der Waals surface area contributed by atoms with Crippen LogP contribution in [0.3, 0.4) is 0 Å². The van der Waals surface area contributed by atoms with E-state index in [4.69, 9.17) is 0 Å². The van der Waals surface area contributed by atoms with E-state index in [1.165, 1.54) is 24.3 Å². The van der Waals surface area contributed by atoms with E-state index in [2.05, 4.69) is 14.9 Å². The van der Waals surface area contributed by atoms with Crippen LogP contribution in [0.25, 0.3) is 5.65 Å². The van der Waals surface area contributed by atoms with Gasteiger partial charge in [-0.3, -0.25) is 9.12 Å². The third kappa shape index (κ3) is 2.52. The Morgan fingerprint density at radius 3 is 2.77 bits per heavy atom. The first-order chi connectivity index (χ1) is 10.5. The van der Waals surface area contributed by atoms with Crippen molar-refractivity contribution in [3.63, 3.8) is 0 Å². The fourth-order valence-electron chi connectivity index (χ4n) is 2.15. The van der Waals surface area contributed by atoms with Gasteiger partial charge in [-0.2, -0.15) is 0 Å². The molecule has 114 valence electrons. The van der Waals surface area contributed by atoms with Crippen LogP contribution in [0.4, 0.5) is 10.1 Å². The van der Waals surface area contributed by atoms with Gasteiger partial charge in [0.25, 0.3) is 10.0 Å². The Kier molecular flexibility index (Phi) is 3.53. The summed E-state index contributed by atoms with van der Waals surface area (Å²) in [6.45, 7) is 1.91. The maximum atomic E-state index is 13.2. The van der Waals surface area contributed by atoms with Gasteiger partial charge in [0.15, 0.2) is 5.65 Å². The monoisotopic (exact) mass is 320 g/mol. The molecule has 0 unspecified atom stereocenters. The molecule has 0 saturated heterocycles. The Balaban J connectivity index is 2.08. The number of rotatable bonds is 4. The predicted octanol–water partition coefficient (Wildman–Crippen LogP) is 2.23. The van der Waals surface area contributed by atoms with Gasteiger partial charge >= 0.3 is 0 Å². The SMILES string of the molecule is CCc1nnc2c(S(=O)(=O)Nc3cccc(F)c3)cccn12. The normalized spacial score (nSPS) is 11.7. The number of halogens is 1. The average molecular weight is 320 g/mol. The number of nitrogens with zero attached hydrogens (tertiary/aromatic N) is 3. The van der Waals surface area contributed by atoms with Crippen molar-refractivity contribution in [3.8, 4) is 0 Å². The fraction of sp³-hybridized carbons (Fsp3) is 0.143. The number of sulfonamides is 1. The number of anilines is 1. The highest BCUT2D eigenvalue weighted by molar-refractivity contribution is 7.93. The molecule has 0 atom stereocenters. The topological polar surface area (TPSA) is 76.4 Å². The van der Waals surface area contributed by atoms with E-state index in [1.54, 1.807) is 16.7 Å². The Morgan fingerprint density at radius 1 is 1.23 bits per heavy atom. The second-order valence-electron chi connectivity index (χ2n) is 4.65. The summed E-state index contributed by atoms with van der Waals surface area (Å²) < 4.78 is 42.2. The number of aromatic nitrogens is 3. The zero-order valence-electron chi connectivity index (χ0n) is 11.7. The molecule has 3 aromatic rings. The second-order valence-corrected chi connectivity index (χ2v) is 6.30. The van der Waals surface area contributed by atoms with Gasteiger partial charge in [0, 0.05) is 12.6 Å². The Bertz CT molecular complexity index is 937. The van der Waals surface area contributed by atoms with E-state index < -0.39 is 15.8 Å². The lowest BCUT2D eigenvalue weighted by molar-refractivity contribution is 0.601. The quantitative estimate of drug-likeness (QED) is 0.800. The molecular weight excluding hydrogens is 307 g/mol. The van der Waals surface area contributed by atoms with Gasteiger partial charge in [0.05, 0.1) is 5.69 Å². The zero-order valence-corrected chi connectivity index (χ0v) is 12.5. The zero-order chi connectivity index (χ0) is 15.7. The molecule has 1 N–H and O–H groups in total. The highest BCUT2D eigenvalue weighted by Gasteiger charge is 2.20. The van der Waals surface area contributed by atoms with Crippen LogP contribution in [-0.2, 0) is 16.4 Å². The van der Waals surface area contributed by atoms with Crippen LogP contribution in [-0.4, -0.2) is 23.0 Å². The maximum Gasteiger partial charge on any atom is 0.265 e. The summed E-state index contributed by atoms with van der Waals surface area (Å²) in [6, 6.07) is 8.30. The molecule has 8 heteroatoms. The molecule has 1 aromatic carbocycles. The summed E-state index contributed by atoms with van der Waals surface area (Å²) in [4.78, 5) is -0.00791. The first-order valence-electron chi connectivity index (χ1n) is 6.62. The fourth-order valence-corrected chi connectivity index (χ4v) is 3.34. The highest BCUT2D eigenvalue weighted by atomic mass is 32.2. The molecule has 0 fully saturated rings. The Labute approximate surface area is 126 Å². The summed E-state index contributed by atoms with van der Waals surface area (Å²) in [7, 11) is -3.89. The molecule has 0 radical (unpaired) electrons. The van der Waals surface area contributed by atoms with Gasteiger partial charge in [0.2, 0.25) is 0 Å². The predicted molar refractivity (Wildman–Crippen MR) is 79.6 cm³/mol. The van der Waals surface area contributed by atoms with E-state index in [0.29, 0.717) is 12.2 Å². The van der Waals surface area contributed by atoms with Gasteiger partial charge in [-0.15, -0.1) is 10.2 Å². The van der Waals surface area contributed by atoms with Gasteiger partial charge < -0.3 is 0 Å². The smallest absolute Gasteiger partial charge is 0.265 e. The molecule has 0 spiro atoms. The van der Waals surface area contributed by atoms with Gasteiger partial charge in [-0.25, -0.2) is 12.8 Å². The molecule has 0 aliphatic carbocycles. The minimum atomic E-state index is -3.89. The van der Waals surface area contributed by atoms with Crippen LogP contribution >= 0.6 is 0 Å². The van der Waals surface area contributed by atoms with Crippen molar-refractivity contribution >= 4 is 21.4 Å². The van der Waals surface area contributed by atoms with Crippen LogP contribution in [0.1, 0.15) is 12.7 Å². The van der Waals surface area contributed by atoms with Crippen LogP contribution in [0.2, 0.25) is 0 Å². The largest absolute Gasteiger partial charge is 0.285 e. The number of hydrogen-bond donors (Lipinski definition) is 1. The van der Waals surface area contributed by atoms with Crippen molar-refractivity contribution in [3.05, 3.63) is 54.2 Å². The highest BCUT2D eigenvalue weighted by Crippen LogP contribution is 2.20. The molecule has 0 bridgehead atoms. The number of aryl methyl sites for hydroxylation is 1. The molecule has 2 aromatic heterocycles.